The second-order valence-electron chi connectivity index (χ2n) is 6.01. The highest BCUT2D eigenvalue weighted by Gasteiger charge is 2.29. The van der Waals surface area contributed by atoms with Crippen LogP contribution in [0.4, 0.5) is 0 Å². The number of piperidine rings is 1. The van der Waals surface area contributed by atoms with E-state index in [1.807, 2.05) is 24.0 Å². The minimum atomic E-state index is -1.16. The molecule has 124 valence electrons. The standard InChI is InChI=1S/C18H19N3O3/c1-12-5-7-13(8-6-12)16-4-2-3-9-21(16)17(22)14-10-20-15(11-19-14)18(23)24/h5-8,10-11,16H,2-4,9H2,1H3,(H,23,24). The fourth-order valence-corrected chi connectivity index (χ4v) is 3.01. The predicted molar refractivity (Wildman–Crippen MR) is 87.8 cm³/mol. The normalized spacial score (nSPS) is 17.5. The molecule has 3 rings (SSSR count). The van der Waals surface area contributed by atoms with Gasteiger partial charge in [-0.2, -0.15) is 0 Å². The van der Waals surface area contributed by atoms with Crippen molar-refractivity contribution in [3.05, 3.63) is 59.2 Å². The van der Waals surface area contributed by atoms with Crippen LogP contribution >= 0.6 is 0 Å². The third-order valence-corrected chi connectivity index (χ3v) is 4.32. The van der Waals surface area contributed by atoms with E-state index in [4.69, 9.17) is 5.11 Å². The quantitative estimate of drug-likeness (QED) is 0.938. The monoisotopic (exact) mass is 325 g/mol. The summed E-state index contributed by atoms with van der Waals surface area (Å²) < 4.78 is 0. The Morgan fingerprint density at radius 2 is 1.75 bits per heavy atom. The lowest BCUT2D eigenvalue weighted by atomic mass is 9.94. The van der Waals surface area contributed by atoms with Crippen molar-refractivity contribution >= 4 is 11.9 Å². The molecule has 1 aromatic carbocycles. The van der Waals surface area contributed by atoms with Gasteiger partial charge in [-0.1, -0.05) is 29.8 Å². The van der Waals surface area contributed by atoms with Crippen LogP contribution in [0.1, 0.15) is 57.4 Å². The molecule has 1 unspecified atom stereocenters. The average Bonchev–Trinajstić information content (AvgIpc) is 2.62. The van der Waals surface area contributed by atoms with E-state index in [-0.39, 0.29) is 23.3 Å². The molecule has 0 spiro atoms. The number of hydrogen-bond acceptors (Lipinski definition) is 4. The molecule has 1 saturated heterocycles. The molecule has 1 aromatic heterocycles. The summed E-state index contributed by atoms with van der Waals surface area (Å²) in [5.74, 6) is -1.36. The lowest BCUT2D eigenvalue weighted by Crippen LogP contribution is -2.39. The number of aromatic nitrogens is 2. The second kappa shape index (κ2) is 6.78. The number of amides is 1. The third-order valence-electron chi connectivity index (χ3n) is 4.32. The van der Waals surface area contributed by atoms with Gasteiger partial charge in [0, 0.05) is 6.54 Å². The van der Waals surface area contributed by atoms with Gasteiger partial charge >= 0.3 is 5.97 Å². The van der Waals surface area contributed by atoms with Crippen LogP contribution < -0.4 is 0 Å². The summed E-state index contributed by atoms with van der Waals surface area (Å²) in [4.78, 5) is 33.3. The molecule has 0 bridgehead atoms. The van der Waals surface area contributed by atoms with E-state index in [2.05, 4.69) is 22.1 Å². The highest BCUT2D eigenvalue weighted by Crippen LogP contribution is 2.31. The molecule has 6 heteroatoms. The van der Waals surface area contributed by atoms with Crippen LogP contribution in [-0.2, 0) is 0 Å². The van der Waals surface area contributed by atoms with Crippen LogP contribution in [-0.4, -0.2) is 38.4 Å². The van der Waals surface area contributed by atoms with E-state index in [0.29, 0.717) is 6.54 Å². The number of carboxylic acids is 1. The van der Waals surface area contributed by atoms with Gasteiger partial charge in [0.15, 0.2) is 5.69 Å². The molecule has 1 atom stereocenters. The molecule has 0 aliphatic carbocycles. The number of aromatic carboxylic acids is 1. The first-order chi connectivity index (χ1) is 11.6. The minimum Gasteiger partial charge on any atom is -0.476 e. The van der Waals surface area contributed by atoms with Crippen LogP contribution in [0.2, 0.25) is 0 Å². The van der Waals surface area contributed by atoms with Gasteiger partial charge in [-0.3, -0.25) is 4.79 Å². The molecular formula is C18H19N3O3. The first-order valence-electron chi connectivity index (χ1n) is 7.99. The summed E-state index contributed by atoms with van der Waals surface area (Å²) in [7, 11) is 0. The van der Waals surface area contributed by atoms with Crippen molar-refractivity contribution in [3.8, 4) is 0 Å². The van der Waals surface area contributed by atoms with Gasteiger partial charge < -0.3 is 10.0 Å². The Bertz CT molecular complexity index is 741. The lowest BCUT2D eigenvalue weighted by Gasteiger charge is -2.36. The fourth-order valence-electron chi connectivity index (χ4n) is 3.01. The smallest absolute Gasteiger partial charge is 0.356 e. The first-order valence-corrected chi connectivity index (χ1v) is 7.99. The largest absolute Gasteiger partial charge is 0.476 e. The van der Waals surface area contributed by atoms with Crippen LogP contribution in [0.25, 0.3) is 0 Å². The summed E-state index contributed by atoms with van der Waals surface area (Å²) in [5.41, 5.74) is 2.31. The predicted octanol–water partition coefficient (Wildman–Crippen LogP) is 2.85. The lowest BCUT2D eigenvalue weighted by molar-refractivity contribution is 0.0601. The zero-order chi connectivity index (χ0) is 17.1. The summed E-state index contributed by atoms with van der Waals surface area (Å²) in [5, 5.41) is 8.88. The van der Waals surface area contributed by atoms with Crippen molar-refractivity contribution in [3.63, 3.8) is 0 Å². The van der Waals surface area contributed by atoms with Gasteiger partial charge in [0.1, 0.15) is 5.69 Å². The van der Waals surface area contributed by atoms with Crippen molar-refractivity contribution < 1.29 is 14.7 Å². The maximum atomic E-state index is 12.8. The van der Waals surface area contributed by atoms with E-state index in [0.717, 1.165) is 31.0 Å². The number of carbonyl (C=O) groups is 2. The van der Waals surface area contributed by atoms with Crippen LogP contribution in [0.5, 0.6) is 0 Å². The number of carboxylic acid groups (broad SMARTS) is 1. The zero-order valence-corrected chi connectivity index (χ0v) is 13.5. The third kappa shape index (κ3) is 3.27. The number of aryl methyl sites for hydroxylation is 1. The van der Waals surface area contributed by atoms with Crippen molar-refractivity contribution in [1.29, 1.82) is 0 Å². The maximum Gasteiger partial charge on any atom is 0.356 e. The SMILES string of the molecule is Cc1ccc(C2CCCCN2C(=O)c2cnc(C(=O)O)cn2)cc1. The summed E-state index contributed by atoms with van der Waals surface area (Å²) in [6.07, 6.45) is 5.31. The molecule has 1 aliphatic heterocycles. The van der Waals surface area contributed by atoms with E-state index < -0.39 is 5.97 Å². The van der Waals surface area contributed by atoms with Gasteiger partial charge in [0.2, 0.25) is 0 Å². The molecule has 0 saturated carbocycles. The Morgan fingerprint density at radius 1 is 1.08 bits per heavy atom. The van der Waals surface area contributed by atoms with Crippen LogP contribution in [0, 0.1) is 6.92 Å². The number of rotatable bonds is 3. The zero-order valence-electron chi connectivity index (χ0n) is 13.5. The fraction of sp³-hybridized carbons (Fsp3) is 0.333. The summed E-state index contributed by atoms with van der Waals surface area (Å²) in [6, 6.07) is 8.24. The molecule has 24 heavy (non-hydrogen) atoms. The molecule has 1 aliphatic rings. The maximum absolute atomic E-state index is 12.8. The van der Waals surface area contributed by atoms with Gasteiger partial charge in [-0.15, -0.1) is 0 Å². The van der Waals surface area contributed by atoms with Crippen LogP contribution in [0.15, 0.2) is 36.7 Å². The van der Waals surface area contributed by atoms with E-state index in [9.17, 15) is 9.59 Å². The molecule has 2 heterocycles. The van der Waals surface area contributed by atoms with Gasteiger partial charge in [-0.25, -0.2) is 14.8 Å². The van der Waals surface area contributed by atoms with Gasteiger partial charge in [0.25, 0.3) is 5.91 Å². The topological polar surface area (TPSA) is 83.4 Å². The molecule has 1 N–H and O–H groups in total. The molecule has 6 nitrogen and oxygen atoms in total. The Labute approximate surface area is 140 Å². The Morgan fingerprint density at radius 3 is 2.38 bits per heavy atom. The van der Waals surface area contributed by atoms with E-state index >= 15 is 0 Å². The highest BCUT2D eigenvalue weighted by atomic mass is 16.4. The first kappa shape index (κ1) is 16.1. The van der Waals surface area contributed by atoms with Crippen molar-refractivity contribution in [2.45, 2.75) is 32.2 Å². The Balaban J connectivity index is 1.85. The molecule has 1 fully saturated rings. The highest BCUT2D eigenvalue weighted by molar-refractivity contribution is 5.93. The second-order valence-corrected chi connectivity index (χ2v) is 6.01. The molecule has 2 aromatic rings. The van der Waals surface area contributed by atoms with Gasteiger partial charge in [0.05, 0.1) is 18.4 Å². The molecule has 0 radical (unpaired) electrons. The number of likely N-dealkylation sites (tertiary alicyclic amines) is 1. The number of carbonyl (C=O) groups excluding carboxylic acids is 1. The number of benzene rings is 1. The van der Waals surface area contributed by atoms with Crippen molar-refractivity contribution in [2.24, 2.45) is 0 Å². The van der Waals surface area contributed by atoms with E-state index in [1.54, 1.807) is 0 Å². The summed E-state index contributed by atoms with van der Waals surface area (Å²) in [6.45, 7) is 2.70. The summed E-state index contributed by atoms with van der Waals surface area (Å²) >= 11 is 0. The van der Waals surface area contributed by atoms with Crippen LogP contribution in [0.3, 0.4) is 0 Å². The average molecular weight is 325 g/mol. The number of hydrogen-bond donors (Lipinski definition) is 1. The van der Waals surface area contributed by atoms with E-state index in [1.165, 1.54) is 11.8 Å². The Kier molecular flexibility index (Phi) is 4.55. The Hall–Kier alpha value is -2.76. The molecular weight excluding hydrogens is 306 g/mol. The minimum absolute atomic E-state index is 0.0211. The van der Waals surface area contributed by atoms with Crippen molar-refractivity contribution in [2.75, 3.05) is 6.54 Å². The molecule has 1 amide bonds. The van der Waals surface area contributed by atoms with Crippen molar-refractivity contribution in [1.82, 2.24) is 14.9 Å². The van der Waals surface area contributed by atoms with Gasteiger partial charge in [-0.05, 0) is 31.7 Å². The number of nitrogens with zero attached hydrogens (tertiary/aromatic N) is 3.